The van der Waals surface area contributed by atoms with E-state index in [9.17, 15) is 4.79 Å². The minimum absolute atomic E-state index is 0.296. The molecule has 0 aliphatic carbocycles. The fourth-order valence-electron chi connectivity index (χ4n) is 1.84. The quantitative estimate of drug-likeness (QED) is 0.863. The van der Waals surface area contributed by atoms with Crippen LogP contribution in [0.3, 0.4) is 0 Å². The smallest absolute Gasteiger partial charge is 0.337 e. The minimum Gasteiger partial charge on any atom is -0.478 e. The fourth-order valence-corrected chi connectivity index (χ4v) is 1.84. The zero-order chi connectivity index (χ0) is 13.0. The van der Waals surface area contributed by atoms with Crippen LogP contribution in [0, 0.1) is 6.92 Å². The van der Waals surface area contributed by atoms with Crippen LogP contribution in [-0.2, 0) is 6.54 Å². The third-order valence-electron chi connectivity index (χ3n) is 2.72. The van der Waals surface area contributed by atoms with Crippen LogP contribution in [0.15, 0.2) is 48.5 Å². The Morgan fingerprint density at radius 2 is 1.94 bits per heavy atom. The maximum Gasteiger partial charge on any atom is 0.337 e. The molecule has 2 N–H and O–H groups in total. The van der Waals surface area contributed by atoms with Gasteiger partial charge in [-0.2, -0.15) is 0 Å². The molecule has 0 spiro atoms. The first-order chi connectivity index (χ1) is 8.66. The molecule has 2 aromatic rings. The number of aromatic carboxylic acids is 1. The maximum atomic E-state index is 11.0. The third-order valence-corrected chi connectivity index (χ3v) is 2.72. The van der Waals surface area contributed by atoms with Crippen molar-refractivity contribution < 1.29 is 9.90 Å². The van der Waals surface area contributed by atoms with Crippen LogP contribution in [0.1, 0.15) is 21.5 Å². The zero-order valence-electron chi connectivity index (χ0n) is 10.2. The molecule has 0 saturated heterocycles. The van der Waals surface area contributed by atoms with Crippen molar-refractivity contribution in [1.82, 2.24) is 0 Å². The average Bonchev–Trinajstić information content (AvgIpc) is 2.37. The predicted molar refractivity (Wildman–Crippen MR) is 71.9 cm³/mol. The summed E-state index contributed by atoms with van der Waals surface area (Å²) in [5.74, 6) is -0.914. The highest BCUT2D eigenvalue weighted by Crippen LogP contribution is 2.16. The standard InChI is InChI=1S/C15H15NO2/c1-11-5-4-6-12(9-11)10-16-14-8-3-2-7-13(14)15(17)18/h2-9,16H,10H2,1H3,(H,17,18). The van der Waals surface area contributed by atoms with Crippen LogP contribution in [0.25, 0.3) is 0 Å². The lowest BCUT2D eigenvalue weighted by molar-refractivity contribution is 0.0698. The number of nitrogens with one attached hydrogen (secondary N) is 1. The van der Waals surface area contributed by atoms with Gasteiger partial charge in [0.1, 0.15) is 0 Å². The number of anilines is 1. The molecule has 0 aliphatic rings. The molecule has 0 aromatic heterocycles. The Morgan fingerprint density at radius 1 is 1.17 bits per heavy atom. The second kappa shape index (κ2) is 5.36. The van der Waals surface area contributed by atoms with Gasteiger partial charge in [-0.3, -0.25) is 0 Å². The molecule has 3 nitrogen and oxygen atoms in total. The molecule has 0 saturated carbocycles. The van der Waals surface area contributed by atoms with E-state index >= 15 is 0 Å². The van der Waals surface area contributed by atoms with Gasteiger partial charge in [0.2, 0.25) is 0 Å². The van der Waals surface area contributed by atoms with Gasteiger partial charge in [0.15, 0.2) is 0 Å². The van der Waals surface area contributed by atoms with Crippen LogP contribution in [0.5, 0.6) is 0 Å². The van der Waals surface area contributed by atoms with E-state index in [1.807, 2.05) is 31.2 Å². The molecule has 0 bridgehead atoms. The number of carboxylic acid groups (broad SMARTS) is 1. The van der Waals surface area contributed by atoms with Crippen LogP contribution < -0.4 is 5.32 Å². The van der Waals surface area contributed by atoms with Crippen molar-refractivity contribution in [3.8, 4) is 0 Å². The van der Waals surface area contributed by atoms with E-state index in [0.29, 0.717) is 17.8 Å². The minimum atomic E-state index is -0.914. The summed E-state index contributed by atoms with van der Waals surface area (Å²) >= 11 is 0. The molecular weight excluding hydrogens is 226 g/mol. The Balaban J connectivity index is 2.13. The van der Waals surface area contributed by atoms with E-state index in [1.165, 1.54) is 5.56 Å². The number of rotatable bonds is 4. The number of carbonyl (C=O) groups is 1. The van der Waals surface area contributed by atoms with E-state index in [-0.39, 0.29) is 0 Å². The monoisotopic (exact) mass is 241 g/mol. The molecule has 3 heteroatoms. The molecule has 0 aliphatic heterocycles. The highest BCUT2D eigenvalue weighted by atomic mass is 16.4. The Bertz CT molecular complexity index is 564. The van der Waals surface area contributed by atoms with Gasteiger partial charge in [0.25, 0.3) is 0 Å². The first kappa shape index (κ1) is 12.2. The molecule has 0 fully saturated rings. The highest BCUT2D eigenvalue weighted by molar-refractivity contribution is 5.94. The molecule has 0 heterocycles. The summed E-state index contributed by atoms with van der Waals surface area (Å²) in [5, 5.41) is 12.2. The first-order valence-corrected chi connectivity index (χ1v) is 5.78. The summed E-state index contributed by atoms with van der Waals surface area (Å²) in [5.41, 5.74) is 3.27. The van der Waals surface area contributed by atoms with Crippen molar-refractivity contribution in [1.29, 1.82) is 0 Å². The Hall–Kier alpha value is -2.29. The number of benzene rings is 2. The third kappa shape index (κ3) is 2.88. The molecule has 0 unspecified atom stereocenters. The van der Waals surface area contributed by atoms with Crippen molar-refractivity contribution >= 4 is 11.7 Å². The van der Waals surface area contributed by atoms with Crippen molar-refractivity contribution in [3.63, 3.8) is 0 Å². The van der Waals surface area contributed by atoms with Crippen molar-refractivity contribution in [2.45, 2.75) is 13.5 Å². The second-order valence-electron chi connectivity index (χ2n) is 4.19. The van der Waals surface area contributed by atoms with E-state index in [1.54, 1.807) is 18.2 Å². The molecule has 18 heavy (non-hydrogen) atoms. The fraction of sp³-hybridized carbons (Fsp3) is 0.133. The predicted octanol–water partition coefficient (Wildman–Crippen LogP) is 3.31. The summed E-state index contributed by atoms with van der Waals surface area (Å²) in [6.07, 6.45) is 0. The summed E-state index contributed by atoms with van der Waals surface area (Å²) in [6, 6.07) is 15.1. The Labute approximate surface area is 106 Å². The number of aryl methyl sites for hydroxylation is 1. The number of carboxylic acids is 1. The number of hydrogen-bond donors (Lipinski definition) is 2. The van der Waals surface area contributed by atoms with E-state index in [0.717, 1.165) is 5.56 Å². The summed E-state index contributed by atoms with van der Waals surface area (Å²) in [4.78, 5) is 11.0. The molecule has 2 aromatic carbocycles. The SMILES string of the molecule is Cc1cccc(CNc2ccccc2C(=O)O)c1. The van der Waals surface area contributed by atoms with Gasteiger partial charge >= 0.3 is 5.97 Å². The number of para-hydroxylation sites is 1. The lowest BCUT2D eigenvalue weighted by Gasteiger charge is -2.09. The van der Waals surface area contributed by atoms with Crippen LogP contribution in [-0.4, -0.2) is 11.1 Å². The lowest BCUT2D eigenvalue weighted by atomic mass is 10.1. The van der Waals surface area contributed by atoms with Gasteiger partial charge in [-0.05, 0) is 24.6 Å². The average molecular weight is 241 g/mol. The molecule has 0 amide bonds. The zero-order valence-corrected chi connectivity index (χ0v) is 10.2. The van der Waals surface area contributed by atoms with Crippen molar-refractivity contribution in [3.05, 3.63) is 65.2 Å². The second-order valence-corrected chi connectivity index (χ2v) is 4.19. The first-order valence-electron chi connectivity index (χ1n) is 5.78. The molecular formula is C15H15NO2. The number of hydrogen-bond acceptors (Lipinski definition) is 2. The Morgan fingerprint density at radius 3 is 2.67 bits per heavy atom. The summed E-state index contributed by atoms with van der Waals surface area (Å²) < 4.78 is 0. The van der Waals surface area contributed by atoms with Gasteiger partial charge in [0, 0.05) is 12.2 Å². The van der Waals surface area contributed by atoms with E-state index in [4.69, 9.17) is 5.11 Å². The van der Waals surface area contributed by atoms with Gasteiger partial charge in [-0.25, -0.2) is 4.79 Å². The summed E-state index contributed by atoms with van der Waals surface area (Å²) in [6.45, 7) is 2.65. The molecule has 0 radical (unpaired) electrons. The van der Waals surface area contributed by atoms with Crippen molar-refractivity contribution in [2.24, 2.45) is 0 Å². The summed E-state index contributed by atoms with van der Waals surface area (Å²) in [7, 11) is 0. The van der Waals surface area contributed by atoms with Crippen LogP contribution in [0.2, 0.25) is 0 Å². The van der Waals surface area contributed by atoms with E-state index in [2.05, 4.69) is 11.4 Å². The highest BCUT2D eigenvalue weighted by Gasteiger charge is 2.08. The largest absolute Gasteiger partial charge is 0.478 e. The van der Waals surface area contributed by atoms with Gasteiger partial charge in [0.05, 0.1) is 5.56 Å². The van der Waals surface area contributed by atoms with E-state index < -0.39 is 5.97 Å². The normalized spacial score (nSPS) is 10.1. The van der Waals surface area contributed by atoms with Crippen LogP contribution >= 0.6 is 0 Å². The lowest BCUT2D eigenvalue weighted by Crippen LogP contribution is -2.06. The molecule has 2 rings (SSSR count). The van der Waals surface area contributed by atoms with Crippen LogP contribution in [0.4, 0.5) is 5.69 Å². The molecule has 0 atom stereocenters. The Kier molecular flexibility index (Phi) is 3.63. The van der Waals surface area contributed by atoms with Gasteiger partial charge < -0.3 is 10.4 Å². The van der Waals surface area contributed by atoms with Crippen molar-refractivity contribution in [2.75, 3.05) is 5.32 Å². The van der Waals surface area contributed by atoms with Gasteiger partial charge in [-0.15, -0.1) is 0 Å². The maximum absolute atomic E-state index is 11.0. The topological polar surface area (TPSA) is 49.3 Å². The molecule has 92 valence electrons. The van der Waals surface area contributed by atoms with Gasteiger partial charge in [-0.1, -0.05) is 42.0 Å².